The number of aliphatic imine (C=N–C) groups is 1. The van der Waals surface area contributed by atoms with Gasteiger partial charge in [0.2, 0.25) is 5.96 Å². The molecule has 0 aromatic carbocycles. The molecule has 0 spiro atoms. The number of hydrazine groups is 1. The predicted molar refractivity (Wildman–Crippen MR) is 42.1 cm³/mol. The Morgan fingerprint density at radius 2 is 2.22 bits per heavy atom. The fourth-order valence-electron chi connectivity index (χ4n) is 0.495. The zero-order valence-electron chi connectivity index (χ0n) is 4.76. The van der Waals surface area contributed by atoms with Crippen molar-refractivity contribution in [3.63, 3.8) is 0 Å². The molecule has 4 N–H and O–H groups in total. The third-order valence-corrected chi connectivity index (χ3v) is 0.811. The topological polar surface area (TPSA) is 62.4 Å². The molecule has 1 heterocycles. The van der Waals surface area contributed by atoms with Crippen LogP contribution in [0, 0.1) is 0 Å². The third kappa shape index (κ3) is 3.40. The van der Waals surface area contributed by atoms with Crippen LogP contribution in [-0.4, -0.2) is 19.0 Å². The van der Waals surface area contributed by atoms with Crippen LogP contribution in [0.1, 0.15) is 0 Å². The zero-order chi connectivity index (χ0) is 5.11. The smallest absolute Gasteiger partial charge is 0.205 e. The number of hydrogen-bond donors (Lipinski definition) is 3. The molecule has 1 aliphatic heterocycles. The van der Waals surface area contributed by atoms with Crippen molar-refractivity contribution in [2.24, 2.45) is 10.8 Å². The van der Waals surface area contributed by atoms with Crippen LogP contribution in [0.3, 0.4) is 0 Å². The summed E-state index contributed by atoms with van der Waals surface area (Å²) in [6.45, 7) is 1.74. The molecular formula is C3H10Cl2N4. The van der Waals surface area contributed by atoms with Gasteiger partial charge in [0.25, 0.3) is 0 Å². The van der Waals surface area contributed by atoms with Crippen LogP contribution in [0.4, 0.5) is 0 Å². The van der Waals surface area contributed by atoms with Crippen molar-refractivity contribution in [1.29, 1.82) is 0 Å². The molecule has 0 atom stereocenters. The average molecular weight is 173 g/mol. The summed E-state index contributed by atoms with van der Waals surface area (Å²) in [5, 5.41) is 2.92. The first-order chi connectivity index (χ1) is 3.43. The van der Waals surface area contributed by atoms with E-state index in [0.717, 1.165) is 13.1 Å². The standard InChI is InChI=1S/C3H8N4.2ClH/c4-7-3-5-1-2-6-3;;/h1-2,4H2,(H2,5,6,7);2*1H. The van der Waals surface area contributed by atoms with Gasteiger partial charge in [-0.1, -0.05) is 0 Å². The number of nitrogens with two attached hydrogens (primary N) is 1. The first kappa shape index (κ1) is 11.6. The van der Waals surface area contributed by atoms with Gasteiger partial charge < -0.3 is 5.32 Å². The molecule has 56 valence electrons. The number of hydrogen-bond acceptors (Lipinski definition) is 4. The first-order valence-electron chi connectivity index (χ1n) is 2.18. The van der Waals surface area contributed by atoms with Gasteiger partial charge in [-0.25, -0.2) is 5.84 Å². The van der Waals surface area contributed by atoms with E-state index >= 15 is 0 Å². The maximum Gasteiger partial charge on any atom is 0.205 e. The summed E-state index contributed by atoms with van der Waals surface area (Å²) in [4.78, 5) is 3.92. The monoisotopic (exact) mass is 172 g/mol. The molecule has 0 fully saturated rings. The summed E-state index contributed by atoms with van der Waals surface area (Å²) in [6, 6.07) is 0. The van der Waals surface area contributed by atoms with Crippen molar-refractivity contribution in [3.05, 3.63) is 0 Å². The lowest BCUT2D eigenvalue weighted by Crippen LogP contribution is -2.38. The lowest BCUT2D eigenvalue weighted by molar-refractivity contribution is 0.917. The van der Waals surface area contributed by atoms with Gasteiger partial charge in [-0.05, 0) is 0 Å². The molecule has 0 bridgehead atoms. The van der Waals surface area contributed by atoms with Gasteiger partial charge in [-0.15, -0.1) is 24.8 Å². The van der Waals surface area contributed by atoms with Crippen molar-refractivity contribution in [2.45, 2.75) is 0 Å². The largest absolute Gasteiger partial charge is 0.353 e. The van der Waals surface area contributed by atoms with E-state index in [9.17, 15) is 0 Å². The van der Waals surface area contributed by atoms with Crippen LogP contribution in [0.5, 0.6) is 0 Å². The molecule has 0 aromatic heterocycles. The molecule has 1 aliphatic rings. The van der Waals surface area contributed by atoms with Crippen molar-refractivity contribution in [2.75, 3.05) is 13.1 Å². The van der Waals surface area contributed by atoms with Gasteiger partial charge in [-0.2, -0.15) is 0 Å². The molecule has 0 radical (unpaired) electrons. The summed E-state index contributed by atoms with van der Waals surface area (Å²) < 4.78 is 0. The highest BCUT2D eigenvalue weighted by molar-refractivity contribution is 5.85. The summed E-state index contributed by atoms with van der Waals surface area (Å²) in [5.41, 5.74) is 2.40. The van der Waals surface area contributed by atoms with Crippen LogP contribution in [0.15, 0.2) is 4.99 Å². The molecular weight excluding hydrogens is 163 g/mol. The molecule has 0 aromatic rings. The van der Waals surface area contributed by atoms with Crippen molar-refractivity contribution >= 4 is 30.8 Å². The fraction of sp³-hybridized carbons (Fsp3) is 0.667. The zero-order valence-corrected chi connectivity index (χ0v) is 6.39. The summed E-state index contributed by atoms with van der Waals surface area (Å²) in [5.74, 6) is 5.68. The highest BCUT2D eigenvalue weighted by Crippen LogP contribution is 1.76. The first-order valence-corrected chi connectivity index (χ1v) is 2.18. The van der Waals surface area contributed by atoms with Crippen LogP contribution in [0.2, 0.25) is 0 Å². The van der Waals surface area contributed by atoms with Gasteiger partial charge in [0.05, 0.1) is 6.54 Å². The van der Waals surface area contributed by atoms with E-state index in [1.807, 2.05) is 0 Å². The molecule has 4 nitrogen and oxygen atoms in total. The average Bonchev–Trinajstić information content (AvgIpc) is 2.14. The minimum Gasteiger partial charge on any atom is -0.353 e. The Balaban J connectivity index is 0. The number of nitrogens with zero attached hydrogens (tertiary/aromatic N) is 1. The number of halogens is 2. The molecule has 0 amide bonds. The Labute approximate surface area is 66.1 Å². The summed E-state index contributed by atoms with van der Waals surface area (Å²) >= 11 is 0. The lowest BCUT2D eigenvalue weighted by Gasteiger charge is -1.95. The van der Waals surface area contributed by atoms with Crippen LogP contribution >= 0.6 is 24.8 Å². The Hall–Kier alpha value is -0.190. The molecule has 9 heavy (non-hydrogen) atoms. The van der Waals surface area contributed by atoms with E-state index in [4.69, 9.17) is 5.84 Å². The maximum atomic E-state index is 4.99. The SMILES string of the molecule is Cl.Cl.NNC1=NCCN1. The fourth-order valence-corrected chi connectivity index (χ4v) is 0.495. The summed E-state index contributed by atoms with van der Waals surface area (Å²) in [6.07, 6.45) is 0. The maximum absolute atomic E-state index is 4.99. The van der Waals surface area contributed by atoms with Crippen molar-refractivity contribution in [1.82, 2.24) is 10.7 Å². The molecule has 1 rings (SSSR count). The predicted octanol–water partition coefficient (Wildman–Crippen LogP) is -0.748. The number of guanidine groups is 1. The Bertz CT molecular complexity index is 93.8. The normalized spacial score (nSPS) is 14.1. The Morgan fingerprint density at radius 3 is 2.44 bits per heavy atom. The highest BCUT2D eigenvalue weighted by Gasteiger charge is 1.98. The van der Waals surface area contributed by atoms with Gasteiger partial charge in [0.1, 0.15) is 0 Å². The second-order valence-corrected chi connectivity index (χ2v) is 1.30. The number of rotatable bonds is 0. The van der Waals surface area contributed by atoms with Crippen LogP contribution < -0.4 is 16.6 Å². The molecule has 0 aliphatic carbocycles. The summed E-state index contributed by atoms with van der Waals surface area (Å²) in [7, 11) is 0. The Morgan fingerprint density at radius 1 is 1.56 bits per heavy atom. The van der Waals surface area contributed by atoms with Gasteiger partial charge in [0, 0.05) is 6.54 Å². The van der Waals surface area contributed by atoms with Gasteiger partial charge in [0.15, 0.2) is 0 Å². The third-order valence-electron chi connectivity index (χ3n) is 0.811. The minimum atomic E-state index is 0. The lowest BCUT2D eigenvalue weighted by atomic mass is 10.7. The second-order valence-electron chi connectivity index (χ2n) is 1.30. The molecule has 0 saturated heterocycles. The van der Waals surface area contributed by atoms with Gasteiger partial charge in [-0.3, -0.25) is 10.4 Å². The minimum absolute atomic E-state index is 0. The van der Waals surface area contributed by atoms with Crippen molar-refractivity contribution < 1.29 is 0 Å². The van der Waals surface area contributed by atoms with Gasteiger partial charge >= 0.3 is 0 Å². The molecule has 0 saturated carbocycles. The van der Waals surface area contributed by atoms with Crippen LogP contribution in [-0.2, 0) is 0 Å². The van der Waals surface area contributed by atoms with E-state index in [1.165, 1.54) is 0 Å². The van der Waals surface area contributed by atoms with E-state index < -0.39 is 0 Å². The highest BCUT2D eigenvalue weighted by atomic mass is 35.5. The Kier molecular flexibility index (Phi) is 7.65. The van der Waals surface area contributed by atoms with E-state index in [0.29, 0.717) is 5.96 Å². The van der Waals surface area contributed by atoms with E-state index in [1.54, 1.807) is 0 Å². The van der Waals surface area contributed by atoms with Crippen LogP contribution in [0.25, 0.3) is 0 Å². The molecule has 0 unspecified atom stereocenters. The second kappa shape index (κ2) is 5.94. The number of nitrogens with one attached hydrogen (secondary N) is 2. The van der Waals surface area contributed by atoms with E-state index in [-0.39, 0.29) is 24.8 Å². The van der Waals surface area contributed by atoms with E-state index in [2.05, 4.69) is 15.7 Å². The quantitative estimate of drug-likeness (QED) is 0.333. The molecule has 6 heteroatoms. The van der Waals surface area contributed by atoms with Crippen molar-refractivity contribution in [3.8, 4) is 0 Å².